The topological polar surface area (TPSA) is 148 Å². The fourth-order valence-electron chi connectivity index (χ4n) is 4.29. The first kappa shape index (κ1) is 29.4. The van der Waals surface area contributed by atoms with Crippen LogP contribution in [0.4, 0.5) is 15.8 Å². The number of carbonyl (C=O) groups excluding carboxylic acids is 2. The van der Waals surface area contributed by atoms with Gasteiger partial charge < -0.3 is 19.9 Å². The summed E-state index contributed by atoms with van der Waals surface area (Å²) >= 11 is 0. The van der Waals surface area contributed by atoms with Crippen LogP contribution in [0.1, 0.15) is 39.8 Å². The predicted molar refractivity (Wildman–Crippen MR) is 153 cm³/mol. The van der Waals surface area contributed by atoms with Crippen molar-refractivity contribution in [3.63, 3.8) is 0 Å². The number of rotatable bonds is 10. The minimum Gasteiger partial charge on any atom is -0.458 e. The van der Waals surface area contributed by atoms with Gasteiger partial charge in [0, 0.05) is 37.8 Å². The Kier molecular flexibility index (Phi) is 8.92. The molecule has 11 nitrogen and oxygen atoms in total. The van der Waals surface area contributed by atoms with Crippen LogP contribution in [0.2, 0.25) is 0 Å². The van der Waals surface area contributed by atoms with Gasteiger partial charge in [0.1, 0.15) is 18.2 Å². The molecule has 214 valence electrons. The highest BCUT2D eigenvalue weighted by atomic mass is 19.1. The van der Waals surface area contributed by atoms with Gasteiger partial charge in [0.25, 0.3) is 17.2 Å². The van der Waals surface area contributed by atoms with Crippen LogP contribution in [-0.4, -0.2) is 33.3 Å². The van der Waals surface area contributed by atoms with Crippen LogP contribution < -0.4 is 15.8 Å². The zero-order valence-electron chi connectivity index (χ0n) is 22.8. The lowest BCUT2D eigenvalue weighted by Gasteiger charge is -2.24. The Morgan fingerprint density at radius 2 is 2.00 bits per heavy atom. The summed E-state index contributed by atoms with van der Waals surface area (Å²) in [7, 11) is 0. The monoisotopic (exact) mass is 571 g/mol. The van der Waals surface area contributed by atoms with Crippen molar-refractivity contribution in [3.05, 3.63) is 109 Å². The third-order valence-corrected chi connectivity index (χ3v) is 6.40. The number of halogens is 1. The number of nitrogens with zero attached hydrogens (tertiary/aromatic N) is 3. The summed E-state index contributed by atoms with van der Waals surface area (Å²) in [4.78, 5) is 55.6. The van der Waals surface area contributed by atoms with E-state index in [1.54, 1.807) is 29.2 Å². The Bertz CT molecular complexity index is 1800. The molecule has 4 aromatic rings. The Balaban J connectivity index is 1.53. The van der Waals surface area contributed by atoms with Crippen molar-refractivity contribution in [2.75, 3.05) is 11.4 Å². The molecule has 4 rings (SSSR count). The van der Waals surface area contributed by atoms with Gasteiger partial charge >= 0.3 is 5.97 Å². The fourth-order valence-corrected chi connectivity index (χ4v) is 4.29. The largest absolute Gasteiger partial charge is 0.458 e. The van der Waals surface area contributed by atoms with E-state index in [0.29, 0.717) is 22.2 Å². The van der Waals surface area contributed by atoms with Crippen LogP contribution in [0.5, 0.6) is 0 Å². The molecule has 0 unspecified atom stereocenters. The zero-order chi connectivity index (χ0) is 30.4. The number of aromatic amines is 1. The van der Waals surface area contributed by atoms with E-state index < -0.39 is 28.2 Å². The molecule has 3 aromatic carbocycles. The maximum absolute atomic E-state index is 15.1. The van der Waals surface area contributed by atoms with Crippen LogP contribution in [0, 0.1) is 35.2 Å². The molecule has 0 atom stereocenters. The first-order chi connectivity index (χ1) is 20.0. The molecule has 0 bridgehead atoms. The highest BCUT2D eigenvalue weighted by Gasteiger charge is 2.17. The number of benzene rings is 3. The van der Waals surface area contributed by atoms with Crippen molar-refractivity contribution in [2.24, 2.45) is 0 Å². The number of ether oxygens (including phenoxy) is 1. The van der Waals surface area contributed by atoms with Crippen LogP contribution in [0.25, 0.3) is 10.9 Å². The number of aryl methyl sites for hydroxylation is 1. The first-order valence-electron chi connectivity index (χ1n) is 12.7. The molecule has 0 spiro atoms. The maximum Gasteiger partial charge on any atom is 0.303 e. The Hall–Kier alpha value is -5.57. The standard InChI is InChI=1S/C30H26FN5O6/c1-4-10-35(16-21-13-25-27(11-18(21)2)33-28(34-30(25)39)17-42-19(3)37)22-8-9-24(26(31)14-22)29(38)32-15-20-6-5-7-23(12-20)36(40)41/h1,5-9,11-14H,10,15-17H2,2-3H3,(H,32,38)(H,33,34,39). The molecule has 1 heterocycles. The summed E-state index contributed by atoms with van der Waals surface area (Å²) in [5.74, 6) is 0.810. The lowest BCUT2D eigenvalue weighted by molar-refractivity contribution is -0.384. The molecule has 0 aliphatic heterocycles. The number of non-ortho nitro benzene ring substituents is 1. The van der Waals surface area contributed by atoms with E-state index >= 15 is 4.39 Å². The minimum absolute atomic E-state index is 0.0224. The van der Waals surface area contributed by atoms with E-state index in [1.807, 2.05) is 6.92 Å². The number of amides is 1. The molecule has 0 radical (unpaired) electrons. The van der Waals surface area contributed by atoms with E-state index in [0.717, 1.165) is 11.1 Å². The van der Waals surface area contributed by atoms with Crippen LogP contribution in [0.3, 0.4) is 0 Å². The van der Waals surface area contributed by atoms with E-state index in [2.05, 4.69) is 21.2 Å². The van der Waals surface area contributed by atoms with Gasteiger partial charge in [-0.3, -0.25) is 24.5 Å². The van der Waals surface area contributed by atoms with Gasteiger partial charge in [0.2, 0.25) is 0 Å². The quantitative estimate of drug-likeness (QED) is 0.126. The summed E-state index contributed by atoms with van der Waals surface area (Å²) in [6.07, 6.45) is 5.59. The number of aromatic nitrogens is 2. The van der Waals surface area contributed by atoms with Crippen molar-refractivity contribution >= 4 is 34.2 Å². The number of hydrogen-bond donors (Lipinski definition) is 2. The van der Waals surface area contributed by atoms with E-state index in [9.17, 15) is 24.5 Å². The fraction of sp³-hybridized carbons (Fsp3) is 0.200. The molecule has 1 aromatic heterocycles. The van der Waals surface area contributed by atoms with Crippen molar-refractivity contribution in [1.29, 1.82) is 0 Å². The molecular weight excluding hydrogens is 545 g/mol. The van der Waals surface area contributed by atoms with E-state index in [4.69, 9.17) is 11.2 Å². The van der Waals surface area contributed by atoms with Crippen LogP contribution >= 0.6 is 0 Å². The Labute approximate surface area is 239 Å². The van der Waals surface area contributed by atoms with E-state index in [-0.39, 0.29) is 43.3 Å². The average molecular weight is 572 g/mol. The summed E-state index contributed by atoms with van der Waals surface area (Å²) in [6, 6.07) is 13.3. The highest BCUT2D eigenvalue weighted by molar-refractivity contribution is 5.94. The molecule has 0 fully saturated rings. The molecule has 0 aliphatic carbocycles. The smallest absolute Gasteiger partial charge is 0.303 e. The third kappa shape index (κ3) is 6.95. The highest BCUT2D eigenvalue weighted by Crippen LogP contribution is 2.24. The summed E-state index contributed by atoms with van der Waals surface area (Å²) in [5, 5.41) is 13.9. The summed E-state index contributed by atoms with van der Waals surface area (Å²) in [5.41, 5.74) is 2.18. The molecule has 0 saturated heterocycles. The molecule has 1 amide bonds. The number of nitro groups is 1. The summed E-state index contributed by atoms with van der Waals surface area (Å²) in [6.45, 7) is 3.27. The van der Waals surface area contributed by atoms with E-state index in [1.165, 1.54) is 37.3 Å². The van der Waals surface area contributed by atoms with Crippen molar-refractivity contribution in [3.8, 4) is 12.3 Å². The van der Waals surface area contributed by atoms with Crippen molar-refractivity contribution in [2.45, 2.75) is 33.5 Å². The molecular formula is C30H26FN5O6. The number of terminal acetylenes is 1. The number of nitrogens with one attached hydrogen (secondary N) is 2. The number of anilines is 1. The van der Waals surface area contributed by atoms with Gasteiger partial charge in [-0.05, 0) is 53.9 Å². The molecule has 0 aliphatic rings. The Morgan fingerprint density at radius 3 is 2.69 bits per heavy atom. The minimum atomic E-state index is -0.776. The van der Waals surface area contributed by atoms with Crippen LogP contribution in [-0.2, 0) is 29.2 Å². The predicted octanol–water partition coefficient (Wildman–Crippen LogP) is 3.91. The van der Waals surface area contributed by atoms with Gasteiger partial charge in [-0.25, -0.2) is 9.37 Å². The lowest BCUT2D eigenvalue weighted by atomic mass is 10.0. The molecule has 0 saturated carbocycles. The second-order valence-corrected chi connectivity index (χ2v) is 9.42. The number of carbonyl (C=O) groups is 2. The second kappa shape index (κ2) is 12.7. The zero-order valence-corrected chi connectivity index (χ0v) is 22.8. The number of fused-ring (bicyclic) bond motifs is 1. The molecule has 42 heavy (non-hydrogen) atoms. The Morgan fingerprint density at radius 1 is 1.21 bits per heavy atom. The lowest BCUT2D eigenvalue weighted by Crippen LogP contribution is -2.26. The maximum atomic E-state index is 15.1. The first-order valence-corrected chi connectivity index (χ1v) is 12.7. The van der Waals surface area contributed by atoms with Gasteiger partial charge in [0.15, 0.2) is 0 Å². The van der Waals surface area contributed by atoms with Gasteiger partial charge in [-0.15, -0.1) is 6.42 Å². The SMILES string of the molecule is C#CCN(Cc1cc2c(=O)[nH]c(COC(C)=O)nc2cc1C)c1ccc(C(=O)NCc2cccc([N+](=O)[O-])c2)c(F)c1. The van der Waals surface area contributed by atoms with Crippen LogP contribution in [0.15, 0.2) is 59.4 Å². The number of H-pyrrole nitrogens is 1. The molecule has 2 N–H and O–H groups in total. The number of nitro benzene ring substituents is 1. The molecule has 12 heteroatoms. The second-order valence-electron chi connectivity index (χ2n) is 9.42. The average Bonchev–Trinajstić information content (AvgIpc) is 2.95. The van der Waals surface area contributed by atoms with Gasteiger partial charge in [-0.2, -0.15) is 0 Å². The third-order valence-electron chi connectivity index (χ3n) is 6.40. The van der Waals surface area contributed by atoms with Crippen molar-refractivity contribution in [1.82, 2.24) is 15.3 Å². The van der Waals surface area contributed by atoms with Crippen molar-refractivity contribution < 1.29 is 23.6 Å². The summed E-state index contributed by atoms with van der Waals surface area (Å²) < 4.78 is 20.0. The van der Waals surface area contributed by atoms with Gasteiger partial charge in [0.05, 0.1) is 27.9 Å². The number of esters is 1. The number of hydrogen-bond acceptors (Lipinski definition) is 8. The normalized spacial score (nSPS) is 10.6. The van der Waals surface area contributed by atoms with Gasteiger partial charge in [-0.1, -0.05) is 18.1 Å².